The van der Waals surface area contributed by atoms with Crippen LogP contribution in [0.5, 0.6) is 0 Å². The molecule has 1 aliphatic heterocycles. The van der Waals surface area contributed by atoms with Gasteiger partial charge in [-0.3, -0.25) is 9.59 Å². The number of allylic oxidation sites excluding steroid dienone is 2. The zero-order valence-electron chi connectivity index (χ0n) is 21.1. The van der Waals surface area contributed by atoms with E-state index in [0.717, 1.165) is 25.8 Å². The summed E-state index contributed by atoms with van der Waals surface area (Å²) in [4.78, 5) is 27.6. The fourth-order valence-corrected chi connectivity index (χ4v) is 4.52. The van der Waals surface area contributed by atoms with E-state index in [9.17, 15) is 9.59 Å². The second-order valence-electron chi connectivity index (χ2n) is 8.94. The minimum Gasteiger partial charge on any atom is -0.493 e. The Morgan fingerprint density at radius 3 is 2.51 bits per heavy atom. The third kappa shape index (κ3) is 7.80. The van der Waals surface area contributed by atoms with Crippen molar-refractivity contribution < 1.29 is 19.1 Å². The van der Waals surface area contributed by atoms with Crippen molar-refractivity contribution in [1.29, 1.82) is 0 Å². The number of ether oxygens (including phenoxy) is 2. The number of nitrogens with zero attached hydrogens (tertiary/aromatic N) is 1. The van der Waals surface area contributed by atoms with Crippen molar-refractivity contribution in [2.24, 2.45) is 5.92 Å². The number of benzene rings is 1. The molecule has 3 rings (SSSR count). The van der Waals surface area contributed by atoms with Crippen LogP contribution < -0.4 is 10.6 Å². The smallest absolute Gasteiger partial charge is 0.255 e. The van der Waals surface area contributed by atoms with E-state index in [1.165, 1.54) is 11.1 Å². The van der Waals surface area contributed by atoms with Gasteiger partial charge in [-0.05, 0) is 62.9 Å². The van der Waals surface area contributed by atoms with Crippen molar-refractivity contribution in [2.75, 3.05) is 46.0 Å². The summed E-state index contributed by atoms with van der Waals surface area (Å²) in [6, 6.07) is 9.04. The SMILES string of the molecule is C=C/C=C(C(=O)NCCCNC1Cc2ccccc2C1)\C(=C/C(C)C(=O)N1CCOCC1)OCC. The van der Waals surface area contributed by atoms with Gasteiger partial charge in [0.05, 0.1) is 31.3 Å². The molecule has 35 heavy (non-hydrogen) atoms. The molecule has 0 spiro atoms. The third-order valence-corrected chi connectivity index (χ3v) is 6.33. The van der Waals surface area contributed by atoms with E-state index >= 15 is 0 Å². The maximum atomic E-state index is 13.0. The van der Waals surface area contributed by atoms with Crippen molar-refractivity contribution in [3.63, 3.8) is 0 Å². The molecule has 1 aromatic rings. The first-order valence-electron chi connectivity index (χ1n) is 12.7. The molecule has 7 nitrogen and oxygen atoms in total. The third-order valence-electron chi connectivity index (χ3n) is 6.33. The fourth-order valence-electron chi connectivity index (χ4n) is 4.52. The Labute approximate surface area is 209 Å². The van der Waals surface area contributed by atoms with Crippen molar-refractivity contribution in [3.8, 4) is 0 Å². The van der Waals surface area contributed by atoms with Crippen LogP contribution in [0.3, 0.4) is 0 Å². The Kier molecular flexibility index (Phi) is 10.6. The predicted octanol–water partition coefficient (Wildman–Crippen LogP) is 2.78. The van der Waals surface area contributed by atoms with Crippen LogP contribution in [0.2, 0.25) is 0 Å². The Morgan fingerprint density at radius 2 is 1.89 bits per heavy atom. The van der Waals surface area contributed by atoms with Crippen molar-refractivity contribution in [2.45, 2.75) is 39.2 Å². The normalized spacial score (nSPS) is 17.6. The zero-order valence-corrected chi connectivity index (χ0v) is 21.1. The molecule has 1 saturated heterocycles. The monoisotopic (exact) mass is 481 g/mol. The summed E-state index contributed by atoms with van der Waals surface area (Å²) < 4.78 is 11.1. The number of amides is 2. The van der Waals surface area contributed by atoms with Gasteiger partial charge in [-0.2, -0.15) is 0 Å². The molecule has 2 N–H and O–H groups in total. The van der Waals surface area contributed by atoms with Gasteiger partial charge in [0.25, 0.3) is 5.91 Å². The molecule has 2 aliphatic rings. The van der Waals surface area contributed by atoms with Crippen LogP contribution in [-0.4, -0.2) is 68.8 Å². The van der Waals surface area contributed by atoms with E-state index in [4.69, 9.17) is 9.47 Å². The highest BCUT2D eigenvalue weighted by Gasteiger charge is 2.24. The largest absolute Gasteiger partial charge is 0.493 e. The van der Waals surface area contributed by atoms with Gasteiger partial charge in [0.1, 0.15) is 5.76 Å². The molecule has 0 saturated carbocycles. The first kappa shape index (κ1) is 26.7. The fraction of sp³-hybridized carbons (Fsp3) is 0.500. The number of carbonyl (C=O) groups is 2. The maximum Gasteiger partial charge on any atom is 0.255 e. The van der Waals surface area contributed by atoms with Gasteiger partial charge in [0.2, 0.25) is 5.91 Å². The maximum absolute atomic E-state index is 13.0. The Hall–Kier alpha value is -2.90. The molecule has 1 aliphatic carbocycles. The highest BCUT2D eigenvalue weighted by atomic mass is 16.5. The number of nitrogens with one attached hydrogen (secondary N) is 2. The molecule has 1 unspecified atom stereocenters. The number of fused-ring (bicyclic) bond motifs is 1. The van der Waals surface area contributed by atoms with Crippen LogP contribution in [0.15, 0.2) is 60.4 Å². The Balaban J connectivity index is 1.50. The summed E-state index contributed by atoms with van der Waals surface area (Å²) >= 11 is 0. The molecular weight excluding hydrogens is 442 g/mol. The number of rotatable bonds is 12. The lowest BCUT2D eigenvalue weighted by Crippen LogP contribution is -2.43. The van der Waals surface area contributed by atoms with Crippen LogP contribution in [0.25, 0.3) is 0 Å². The van der Waals surface area contributed by atoms with Gasteiger partial charge in [-0.15, -0.1) is 0 Å². The van der Waals surface area contributed by atoms with Gasteiger partial charge in [-0.1, -0.05) is 36.9 Å². The van der Waals surface area contributed by atoms with Crippen LogP contribution in [0, 0.1) is 5.92 Å². The van der Waals surface area contributed by atoms with Crippen LogP contribution in [-0.2, 0) is 31.9 Å². The average Bonchev–Trinajstić information content (AvgIpc) is 3.29. The van der Waals surface area contributed by atoms with Crippen LogP contribution in [0.4, 0.5) is 0 Å². The zero-order chi connectivity index (χ0) is 25.0. The van der Waals surface area contributed by atoms with Crippen molar-refractivity contribution in [3.05, 3.63) is 71.5 Å². The van der Waals surface area contributed by atoms with Gasteiger partial charge < -0.3 is 25.0 Å². The molecule has 1 atom stereocenters. The van der Waals surface area contributed by atoms with Gasteiger partial charge in [0, 0.05) is 25.7 Å². The average molecular weight is 482 g/mol. The van der Waals surface area contributed by atoms with E-state index < -0.39 is 5.92 Å². The summed E-state index contributed by atoms with van der Waals surface area (Å²) in [6.45, 7) is 11.5. The lowest BCUT2D eigenvalue weighted by Gasteiger charge is -2.28. The summed E-state index contributed by atoms with van der Waals surface area (Å²) in [5, 5.41) is 6.59. The van der Waals surface area contributed by atoms with Crippen molar-refractivity contribution in [1.82, 2.24) is 15.5 Å². The van der Waals surface area contributed by atoms with E-state index in [0.29, 0.717) is 56.8 Å². The topological polar surface area (TPSA) is 79.9 Å². The number of hydrogen-bond donors (Lipinski definition) is 2. The Bertz CT molecular complexity index is 909. The first-order valence-corrected chi connectivity index (χ1v) is 12.7. The highest BCUT2D eigenvalue weighted by Crippen LogP contribution is 2.21. The minimum atomic E-state index is -0.421. The van der Waals surface area contributed by atoms with Crippen LogP contribution in [0.1, 0.15) is 31.4 Å². The standard InChI is InChI=1S/C28H39N3O4/c1-4-9-25(26(35-5-2)18-21(3)28(33)31-14-16-34-17-15-31)27(32)30-13-8-12-29-24-19-22-10-6-7-11-23(22)20-24/h4,6-7,9-11,18,21,24,29H,1,5,8,12-17,19-20H2,2-3H3,(H,30,32)/b25-9+,26-18+. The number of carbonyl (C=O) groups excluding carboxylic acids is 2. The lowest BCUT2D eigenvalue weighted by atomic mass is 10.0. The number of morpholine rings is 1. The molecule has 1 heterocycles. The number of hydrogen-bond acceptors (Lipinski definition) is 5. The molecule has 0 bridgehead atoms. The molecule has 0 aromatic heterocycles. The molecule has 2 amide bonds. The van der Waals surface area contributed by atoms with Crippen molar-refractivity contribution >= 4 is 11.8 Å². The molecular formula is C28H39N3O4. The molecule has 1 fully saturated rings. The lowest BCUT2D eigenvalue weighted by molar-refractivity contribution is -0.137. The second kappa shape index (κ2) is 13.9. The summed E-state index contributed by atoms with van der Waals surface area (Å²) in [5.41, 5.74) is 3.23. The highest BCUT2D eigenvalue weighted by molar-refractivity contribution is 5.97. The van der Waals surface area contributed by atoms with Gasteiger partial charge in [-0.25, -0.2) is 0 Å². The quantitative estimate of drug-likeness (QED) is 0.208. The van der Waals surface area contributed by atoms with E-state index in [1.807, 2.05) is 13.8 Å². The van der Waals surface area contributed by atoms with Gasteiger partial charge >= 0.3 is 0 Å². The summed E-state index contributed by atoms with van der Waals surface area (Å²) in [5.74, 6) is -0.246. The first-order chi connectivity index (χ1) is 17.0. The molecule has 7 heteroatoms. The minimum absolute atomic E-state index is 0.00371. The second-order valence-corrected chi connectivity index (χ2v) is 8.94. The summed E-state index contributed by atoms with van der Waals surface area (Å²) in [6.07, 6.45) is 7.86. The molecule has 0 radical (unpaired) electrons. The summed E-state index contributed by atoms with van der Waals surface area (Å²) in [7, 11) is 0. The molecule has 190 valence electrons. The van der Waals surface area contributed by atoms with Gasteiger partial charge in [0.15, 0.2) is 0 Å². The van der Waals surface area contributed by atoms with E-state index in [-0.39, 0.29) is 11.8 Å². The predicted molar refractivity (Wildman–Crippen MR) is 138 cm³/mol. The molecule has 1 aromatic carbocycles. The van der Waals surface area contributed by atoms with Crippen LogP contribution >= 0.6 is 0 Å². The van der Waals surface area contributed by atoms with E-state index in [2.05, 4.69) is 41.5 Å². The van der Waals surface area contributed by atoms with E-state index in [1.54, 1.807) is 23.1 Å². The Morgan fingerprint density at radius 1 is 1.20 bits per heavy atom.